The van der Waals surface area contributed by atoms with E-state index in [1.54, 1.807) is 0 Å². The number of aryl methyl sites for hydroxylation is 1. The minimum Gasteiger partial charge on any atom is -0.379 e. The fraction of sp³-hybridized carbons (Fsp3) is 0.571. The molecule has 17 heavy (non-hydrogen) atoms. The van der Waals surface area contributed by atoms with Crippen LogP contribution in [0.5, 0.6) is 0 Å². The van der Waals surface area contributed by atoms with Crippen LogP contribution < -0.4 is 5.32 Å². The van der Waals surface area contributed by atoms with Crippen LogP contribution in [0.3, 0.4) is 0 Å². The number of nitrogens with one attached hydrogen (secondary N) is 1. The second kappa shape index (κ2) is 7.70. The van der Waals surface area contributed by atoms with Gasteiger partial charge in [0.25, 0.3) is 0 Å². The summed E-state index contributed by atoms with van der Waals surface area (Å²) in [5.74, 6) is 0. The van der Waals surface area contributed by atoms with Crippen molar-refractivity contribution in [1.29, 1.82) is 0 Å². The largest absolute Gasteiger partial charge is 0.379 e. The number of halogens is 1. The highest BCUT2D eigenvalue weighted by molar-refractivity contribution is 6.31. The van der Waals surface area contributed by atoms with Gasteiger partial charge in [-0.05, 0) is 37.1 Å². The van der Waals surface area contributed by atoms with E-state index in [0.717, 1.165) is 30.2 Å². The lowest BCUT2D eigenvalue weighted by atomic mass is 10.0. The molecule has 0 fully saturated rings. The van der Waals surface area contributed by atoms with Crippen molar-refractivity contribution >= 4 is 11.6 Å². The minimum atomic E-state index is 0.252. The molecule has 0 heterocycles. The summed E-state index contributed by atoms with van der Waals surface area (Å²) >= 11 is 6.04. The maximum absolute atomic E-state index is 6.04. The van der Waals surface area contributed by atoms with Gasteiger partial charge in [-0.2, -0.15) is 0 Å². The fourth-order valence-electron chi connectivity index (χ4n) is 1.75. The van der Waals surface area contributed by atoms with Crippen LogP contribution in [0.25, 0.3) is 0 Å². The summed E-state index contributed by atoms with van der Waals surface area (Å²) in [5.41, 5.74) is 2.35. The number of hydrogen-bond donors (Lipinski definition) is 1. The molecule has 0 saturated carbocycles. The summed E-state index contributed by atoms with van der Waals surface area (Å²) in [6.45, 7) is 8.71. The molecule has 0 aliphatic rings. The van der Waals surface area contributed by atoms with Crippen molar-refractivity contribution in [3.63, 3.8) is 0 Å². The molecule has 0 amide bonds. The Labute approximate surface area is 109 Å². The van der Waals surface area contributed by atoms with E-state index in [1.807, 2.05) is 13.0 Å². The van der Waals surface area contributed by atoms with Crippen molar-refractivity contribution in [2.75, 3.05) is 19.8 Å². The molecule has 3 heteroatoms. The molecule has 2 nitrogen and oxygen atoms in total. The Hall–Kier alpha value is -0.570. The average molecular weight is 256 g/mol. The second-order valence-corrected chi connectivity index (χ2v) is 4.60. The van der Waals surface area contributed by atoms with Gasteiger partial charge in [-0.25, -0.2) is 0 Å². The van der Waals surface area contributed by atoms with E-state index in [9.17, 15) is 0 Å². The number of likely N-dealkylation sites (N-methyl/N-ethyl adjacent to an activating group) is 1. The van der Waals surface area contributed by atoms with Crippen molar-refractivity contribution in [3.8, 4) is 0 Å². The van der Waals surface area contributed by atoms with Crippen molar-refractivity contribution in [2.24, 2.45) is 0 Å². The molecule has 1 N–H and O–H groups in total. The Kier molecular flexibility index (Phi) is 6.56. The number of hydrogen-bond acceptors (Lipinski definition) is 2. The van der Waals surface area contributed by atoms with Crippen LogP contribution in [0.2, 0.25) is 5.02 Å². The van der Waals surface area contributed by atoms with Gasteiger partial charge in [0.2, 0.25) is 0 Å². The molecule has 0 aliphatic carbocycles. The first-order valence-electron chi connectivity index (χ1n) is 6.26. The van der Waals surface area contributed by atoms with Gasteiger partial charge >= 0.3 is 0 Å². The van der Waals surface area contributed by atoms with Crippen LogP contribution in [-0.4, -0.2) is 19.8 Å². The zero-order valence-corrected chi connectivity index (χ0v) is 11.7. The molecule has 0 aromatic heterocycles. The monoisotopic (exact) mass is 255 g/mol. The van der Waals surface area contributed by atoms with Crippen molar-refractivity contribution in [3.05, 3.63) is 34.3 Å². The lowest BCUT2D eigenvalue weighted by Gasteiger charge is -2.19. The molecular weight excluding hydrogens is 234 g/mol. The summed E-state index contributed by atoms with van der Waals surface area (Å²) in [7, 11) is 0. The minimum absolute atomic E-state index is 0.252. The van der Waals surface area contributed by atoms with Gasteiger partial charge in [-0.15, -0.1) is 0 Å². The van der Waals surface area contributed by atoms with Crippen LogP contribution >= 0.6 is 11.6 Å². The third kappa shape index (κ3) is 4.66. The van der Waals surface area contributed by atoms with Crippen LogP contribution in [0, 0.1) is 6.92 Å². The third-order valence-electron chi connectivity index (χ3n) is 2.67. The van der Waals surface area contributed by atoms with Crippen LogP contribution in [0.4, 0.5) is 0 Å². The van der Waals surface area contributed by atoms with E-state index in [2.05, 4.69) is 31.3 Å². The van der Waals surface area contributed by atoms with Gasteiger partial charge in [0, 0.05) is 11.6 Å². The van der Waals surface area contributed by atoms with Gasteiger partial charge in [-0.3, -0.25) is 0 Å². The lowest BCUT2D eigenvalue weighted by molar-refractivity contribution is 0.112. The molecule has 0 aliphatic heterocycles. The van der Waals surface area contributed by atoms with Gasteiger partial charge in [0.15, 0.2) is 0 Å². The Morgan fingerprint density at radius 1 is 1.35 bits per heavy atom. The molecule has 0 spiro atoms. The number of benzene rings is 1. The summed E-state index contributed by atoms with van der Waals surface area (Å²) in [4.78, 5) is 0. The Balaban J connectivity index is 2.70. The molecule has 1 atom stereocenters. The topological polar surface area (TPSA) is 21.3 Å². The quantitative estimate of drug-likeness (QED) is 0.750. The average Bonchev–Trinajstić information content (AvgIpc) is 2.32. The van der Waals surface area contributed by atoms with E-state index >= 15 is 0 Å². The maximum atomic E-state index is 6.04. The highest BCUT2D eigenvalue weighted by atomic mass is 35.5. The Morgan fingerprint density at radius 2 is 2.12 bits per heavy atom. The Morgan fingerprint density at radius 3 is 2.71 bits per heavy atom. The molecule has 1 unspecified atom stereocenters. The normalized spacial score (nSPS) is 12.7. The van der Waals surface area contributed by atoms with E-state index in [-0.39, 0.29) is 6.04 Å². The molecule has 0 bridgehead atoms. The first-order valence-corrected chi connectivity index (χ1v) is 6.64. The molecular formula is C14H22ClNO. The molecule has 1 aromatic carbocycles. The standard InChI is InChI=1S/C14H22ClNO/c1-4-8-17-10-14(16-5-2)12-6-7-13(15)11(3)9-12/h6-7,9,14,16H,4-5,8,10H2,1-3H3. The van der Waals surface area contributed by atoms with Crippen LogP contribution in [0.15, 0.2) is 18.2 Å². The first-order chi connectivity index (χ1) is 8.19. The Bertz CT molecular complexity index is 341. The third-order valence-corrected chi connectivity index (χ3v) is 3.09. The highest BCUT2D eigenvalue weighted by Crippen LogP contribution is 2.21. The van der Waals surface area contributed by atoms with Crippen molar-refractivity contribution in [1.82, 2.24) is 5.32 Å². The fourth-order valence-corrected chi connectivity index (χ4v) is 1.87. The lowest BCUT2D eigenvalue weighted by Crippen LogP contribution is -2.25. The SMILES string of the molecule is CCCOCC(NCC)c1ccc(Cl)c(C)c1. The second-order valence-electron chi connectivity index (χ2n) is 4.19. The molecule has 0 saturated heterocycles. The van der Waals surface area contributed by atoms with Gasteiger partial charge in [0.1, 0.15) is 0 Å². The highest BCUT2D eigenvalue weighted by Gasteiger charge is 2.11. The zero-order valence-electron chi connectivity index (χ0n) is 10.9. The molecule has 1 rings (SSSR count). The summed E-state index contributed by atoms with van der Waals surface area (Å²) in [5, 5.41) is 4.25. The smallest absolute Gasteiger partial charge is 0.0661 e. The molecule has 96 valence electrons. The van der Waals surface area contributed by atoms with Crippen molar-refractivity contribution in [2.45, 2.75) is 33.2 Å². The number of ether oxygens (including phenoxy) is 1. The van der Waals surface area contributed by atoms with Gasteiger partial charge in [0.05, 0.1) is 12.6 Å². The maximum Gasteiger partial charge on any atom is 0.0661 e. The van der Waals surface area contributed by atoms with Crippen LogP contribution in [0.1, 0.15) is 37.4 Å². The van der Waals surface area contributed by atoms with Gasteiger partial charge in [-0.1, -0.05) is 37.6 Å². The first kappa shape index (κ1) is 14.5. The summed E-state index contributed by atoms with van der Waals surface area (Å²) in [6, 6.07) is 6.40. The van der Waals surface area contributed by atoms with Crippen LogP contribution in [-0.2, 0) is 4.74 Å². The summed E-state index contributed by atoms with van der Waals surface area (Å²) in [6.07, 6.45) is 1.05. The molecule has 0 radical (unpaired) electrons. The summed E-state index contributed by atoms with van der Waals surface area (Å²) < 4.78 is 5.63. The molecule has 1 aromatic rings. The van der Waals surface area contributed by atoms with Gasteiger partial charge < -0.3 is 10.1 Å². The van der Waals surface area contributed by atoms with E-state index in [4.69, 9.17) is 16.3 Å². The van der Waals surface area contributed by atoms with Crippen molar-refractivity contribution < 1.29 is 4.74 Å². The zero-order chi connectivity index (χ0) is 12.7. The van der Waals surface area contributed by atoms with E-state index in [1.165, 1.54) is 5.56 Å². The number of rotatable bonds is 7. The van der Waals surface area contributed by atoms with E-state index < -0.39 is 0 Å². The van der Waals surface area contributed by atoms with E-state index in [0.29, 0.717) is 6.61 Å². The predicted octanol–water partition coefficient (Wildman–Crippen LogP) is 3.73. The predicted molar refractivity (Wildman–Crippen MR) is 73.7 cm³/mol.